The second kappa shape index (κ2) is 10.1. The molecule has 1 N–H and O–H groups in total. The number of carbonyl (C=O) groups excluding carboxylic acids is 1. The molecule has 0 aliphatic rings. The summed E-state index contributed by atoms with van der Waals surface area (Å²) >= 11 is 0. The van der Waals surface area contributed by atoms with Crippen LogP contribution in [0.3, 0.4) is 0 Å². The summed E-state index contributed by atoms with van der Waals surface area (Å²) in [4.78, 5) is 25.4. The molecule has 9 heteroatoms. The summed E-state index contributed by atoms with van der Waals surface area (Å²) in [5.74, 6) is -0.862. The lowest BCUT2D eigenvalue weighted by molar-refractivity contribution is -0.137. The Labute approximate surface area is 104 Å². The van der Waals surface area contributed by atoms with Crippen molar-refractivity contribution in [2.75, 3.05) is 27.0 Å². The molecular formula is C9H17N3O6. The fourth-order valence-corrected chi connectivity index (χ4v) is 0.850. The highest BCUT2D eigenvalue weighted by molar-refractivity contribution is 5.66. The van der Waals surface area contributed by atoms with E-state index < -0.39 is 18.9 Å². The topological polar surface area (TPSA) is 110 Å². The molecule has 9 nitrogen and oxygen atoms in total. The lowest BCUT2D eigenvalue weighted by Crippen LogP contribution is -2.13. The van der Waals surface area contributed by atoms with Crippen molar-refractivity contribution in [3.05, 3.63) is 0 Å². The Morgan fingerprint density at radius 1 is 1.33 bits per heavy atom. The molecule has 0 aliphatic carbocycles. The molecule has 0 aliphatic heterocycles. The van der Waals surface area contributed by atoms with Crippen LogP contribution in [0.4, 0.5) is 4.79 Å². The summed E-state index contributed by atoms with van der Waals surface area (Å²) in [5, 5.41) is 16.7. The zero-order valence-corrected chi connectivity index (χ0v) is 10.4. The summed E-state index contributed by atoms with van der Waals surface area (Å²) in [6, 6.07) is 0. The first-order chi connectivity index (χ1) is 8.56. The van der Waals surface area contributed by atoms with Crippen molar-refractivity contribution < 1.29 is 29.0 Å². The number of carboxylic acids is 1. The van der Waals surface area contributed by atoms with E-state index in [9.17, 15) is 9.59 Å². The SMILES string of the molecule is CCOC(=O)OCO/N=N\N(C)CCCC(=O)O. The highest BCUT2D eigenvalue weighted by atomic mass is 16.8. The maximum Gasteiger partial charge on any atom is 0.511 e. The van der Waals surface area contributed by atoms with Gasteiger partial charge < -0.3 is 19.4 Å². The second-order valence-electron chi connectivity index (χ2n) is 3.12. The lowest BCUT2D eigenvalue weighted by Gasteiger charge is -2.09. The van der Waals surface area contributed by atoms with Gasteiger partial charge in [-0.25, -0.2) is 4.79 Å². The zero-order valence-electron chi connectivity index (χ0n) is 10.4. The fourth-order valence-electron chi connectivity index (χ4n) is 0.850. The van der Waals surface area contributed by atoms with Crippen LogP contribution in [0.1, 0.15) is 19.8 Å². The molecule has 0 aromatic carbocycles. The maximum absolute atomic E-state index is 10.7. The molecule has 0 bridgehead atoms. The van der Waals surface area contributed by atoms with E-state index in [1.807, 2.05) is 0 Å². The van der Waals surface area contributed by atoms with Gasteiger partial charge in [-0.3, -0.25) is 9.80 Å². The molecule has 0 radical (unpaired) electrons. The first-order valence-corrected chi connectivity index (χ1v) is 5.31. The Morgan fingerprint density at radius 3 is 2.67 bits per heavy atom. The molecule has 0 amide bonds. The quantitative estimate of drug-likeness (QED) is 0.219. The predicted octanol–water partition coefficient (Wildman–Crippen LogP) is 1.21. The summed E-state index contributed by atoms with van der Waals surface area (Å²) < 4.78 is 8.91. The van der Waals surface area contributed by atoms with Gasteiger partial charge in [0.15, 0.2) is 0 Å². The Kier molecular flexibility index (Phi) is 8.96. The number of carbonyl (C=O) groups is 2. The largest absolute Gasteiger partial charge is 0.511 e. The van der Waals surface area contributed by atoms with E-state index in [1.54, 1.807) is 14.0 Å². The number of nitrogens with zero attached hydrogens (tertiary/aromatic N) is 3. The van der Waals surface area contributed by atoms with Crippen molar-refractivity contribution in [2.45, 2.75) is 19.8 Å². The summed E-state index contributed by atoms with van der Waals surface area (Å²) in [5.41, 5.74) is 0. The van der Waals surface area contributed by atoms with Crippen LogP contribution in [0.25, 0.3) is 0 Å². The zero-order chi connectivity index (χ0) is 13.8. The van der Waals surface area contributed by atoms with Crippen molar-refractivity contribution in [3.63, 3.8) is 0 Å². The van der Waals surface area contributed by atoms with Crippen molar-refractivity contribution >= 4 is 12.1 Å². The minimum Gasteiger partial charge on any atom is -0.481 e. The minimum absolute atomic E-state index is 0.0622. The monoisotopic (exact) mass is 263 g/mol. The van der Waals surface area contributed by atoms with Gasteiger partial charge in [-0.1, -0.05) is 0 Å². The molecule has 104 valence electrons. The van der Waals surface area contributed by atoms with E-state index in [0.717, 1.165) is 0 Å². The smallest absolute Gasteiger partial charge is 0.481 e. The molecule has 0 spiro atoms. The van der Waals surface area contributed by atoms with Gasteiger partial charge in [0.1, 0.15) is 0 Å². The Balaban J connectivity index is 3.50. The van der Waals surface area contributed by atoms with Gasteiger partial charge in [0.05, 0.1) is 6.61 Å². The van der Waals surface area contributed by atoms with Crippen LogP contribution < -0.4 is 0 Å². The molecule has 0 atom stereocenters. The van der Waals surface area contributed by atoms with Gasteiger partial charge in [0.2, 0.25) is 0 Å². The third-order valence-corrected chi connectivity index (χ3v) is 1.61. The number of hydrogen-bond acceptors (Lipinski definition) is 7. The first-order valence-electron chi connectivity index (χ1n) is 5.31. The fraction of sp³-hybridized carbons (Fsp3) is 0.778. The van der Waals surface area contributed by atoms with E-state index in [2.05, 4.69) is 24.8 Å². The van der Waals surface area contributed by atoms with Crippen LogP contribution in [-0.2, 0) is 19.1 Å². The molecule has 0 fully saturated rings. The Bertz CT molecular complexity index is 283. The van der Waals surface area contributed by atoms with Crippen LogP contribution >= 0.6 is 0 Å². The molecular weight excluding hydrogens is 246 g/mol. The third-order valence-electron chi connectivity index (χ3n) is 1.61. The molecule has 0 rings (SSSR count). The molecule has 18 heavy (non-hydrogen) atoms. The first kappa shape index (κ1) is 15.9. The van der Waals surface area contributed by atoms with Crippen LogP contribution in [0.5, 0.6) is 0 Å². The van der Waals surface area contributed by atoms with Crippen molar-refractivity contribution in [1.82, 2.24) is 5.01 Å². The predicted molar refractivity (Wildman–Crippen MR) is 58.4 cm³/mol. The Hall–Kier alpha value is -2.06. The average molecular weight is 263 g/mol. The van der Waals surface area contributed by atoms with Crippen LogP contribution in [0.2, 0.25) is 0 Å². The molecule has 0 saturated heterocycles. The highest BCUT2D eigenvalue weighted by Gasteiger charge is 2.01. The lowest BCUT2D eigenvalue weighted by atomic mass is 10.3. The third kappa shape index (κ3) is 10.5. The van der Waals surface area contributed by atoms with E-state index in [4.69, 9.17) is 5.11 Å². The molecule has 0 heterocycles. The van der Waals surface area contributed by atoms with Crippen molar-refractivity contribution in [3.8, 4) is 0 Å². The summed E-state index contributed by atoms with van der Waals surface area (Å²) in [6.45, 7) is 1.89. The van der Waals surface area contributed by atoms with Gasteiger partial charge in [0, 0.05) is 25.3 Å². The molecule has 0 aromatic rings. The van der Waals surface area contributed by atoms with Gasteiger partial charge in [-0.05, 0) is 18.6 Å². The normalized spacial score (nSPS) is 10.1. The van der Waals surface area contributed by atoms with E-state index >= 15 is 0 Å². The van der Waals surface area contributed by atoms with E-state index in [0.29, 0.717) is 13.0 Å². The summed E-state index contributed by atoms with van der Waals surface area (Å²) in [7, 11) is 1.61. The van der Waals surface area contributed by atoms with Gasteiger partial charge in [-0.15, -0.1) is 0 Å². The van der Waals surface area contributed by atoms with Gasteiger partial charge >= 0.3 is 12.1 Å². The van der Waals surface area contributed by atoms with Crippen molar-refractivity contribution in [1.29, 1.82) is 0 Å². The number of ether oxygens (including phenoxy) is 2. The number of hydrogen-bond donors (Lipinski definition) is 1. The van der Waals surface area contributed by atoms with E-state index in [1.165, 1.54) is 5.01 Å². The highest BCUT2D eigenvalue weighted by Crippen LogP contribution is 1.95. The summed E-state index contributed by atoms with van der Waals surface area (Å²) in [6.07, 6.45) is -0.334. The van der Waals surface area contributed by atoms with Gasteiger partial charge in [0.25, 0.3) is 6.79 Å². The van der Waals surface area contributed by atoms with Crippen LogP contribution in [0.15, 0.2) is 10.5 Å². The Morgan fingerprint density at radius 2 is 2.06 bits per heavy atom. The van der Waals surface area contributed by atoms with Gasteiger partial charge in [-0.2, -0.15) is 0 Å². The maximum atomic E-state index is 10.7. The minimum atomic E-state index is -0.862. The van der Waals surface area contributed by atoms with Crippen molar-refractivity contribution in [2.24, 2.45) is 10.5 Å². The molecule has 0 unspecified atom stereocenters. The van der Waals surface area contributed by atoms with E-state index in [-0.39, 0.29) is 13.0 Å². The number of aliphatic carboxylic acids is 1. The molecule has 0 saturated carbocycles. The number of carboxylic acid groups (broad SMARTS) is 1. The van der Waals surface area contributed by atoms with Crippen LogP contribution in [0, 0.1) is 0 Å². The molecule has 0 aromatic heterocycles. The standard InChI is InChI=1S/C9H17N3O6/c1-3-16-9(15)17-7-18-11-10-12(2)6-4-5-8(13)14/h3-7H2,1-2H3,(H,13,14)/b11-10-. The van der Waals surface area contributed by atoms with Crippen LogP contribution in [-0.4, -0.2) is 49.2 Å². The average Bonchev–Trinajstić information content (AvgIpc) is 2.28. The second-order valence-corrected chi connectivity index (χ2v) is 3.12. The number of rotatable bonds is 9.